The van der Waals surface area contributed by atoms with Crippen LogP contribution in [0.2, 0.25) is 0 Å². The van der Waals surface area contributed by atoms with Crippen LogP contribution in [0.5, 0.6) is 0 Å². The second kappa shape index (κ2) is 5.40. The first-order chi connectivity index (χ1) is 8.67. The third kappa shape index (κ3) is 2.34. The summed E-state index contributed by atoms with van der Waals surface area (Å²) in [5, 5.41) is 0. The quantitative estimate of drug-likeness (QED) is 0.888. The zero-order valence-corrected chi connectivity index (χ0v) is 11.4. The second-order valence-corrected chi connectivity index (χ2v) is 4.68. The first-order valence-corrected chi connectivity index (χ1v) is 6.58. The Morgan fingerprint density at radius 1 is 1.11 bits per heavy atom. The minimum Gasteiger partial charge on any atom is -0.467 e. The van der Waals surface area contributed by atoms with E-state index in [-0.39, 0.29) is 6.04 Å². The van der Waals surface area contributed by atoms with Gasteiger partial charge in [-0.1, -0.05) is 32.0 Å². The maximum absolute atomic E-state index is 6.28. The smallest absolute Gasteiger partial charge is 0.127 e. The molecular formula is C16H21NO. The summed E-state index contributed by atoms with van der Waals surface area (Å²) in [5.41, 5.74) is 11.3. The highest BCUT2D eigenvalue weighted by molar-refractivity contribution is 5.37. The Bertz CT molecular complexity index is 528. The van der Waals surface area contributed by atoms with Crippen molar-refractivity contribution in [3.63, 3.8) is 0 Å². The maximum Gasteiger partial charge on any atom is 0.127 e. The van der Waals surface area contributed by atoms with Crippen molar-refractivity contribution in [3.8, 4) is 0 Å². The van der Waals surface area contributed by atoms with Crippen molar-refractivity contribution in [3.05, 3.63) is 58.5 Å². The number of hydrogen-bond acceptors (Lipinski definition) is 2. The monoisotopic (exact) mass is 243 g/mol. The first-order valence-electron chi connectivity index (χ1n) is 6.58. The molecular weight excluding hydrogens is 222 g/mol. The molecule has 1 atom stereocenters. The minimum atomic E-state index is -0.170. The number of aryl methyl sites for hydroxylation is 3. The fourth-order valence-corrected chi connectivity index (χ4v) is 2.37. The Morgan fingerprint density at radius 2 is 1.83 bits per heavy atom. The van der Waals surface area contributed by atoms with Crippen LogP contribution in [0.1, 0.15) is 47.9 Å². The second-order valence-electron chi connectivity index (χ2n) is 4.68. The Kier molecular flexibility index (Phi) is 3.87. The number of hydrogen-bond donors (Lipinski definition) is 1. The van der Waals surface area contributed by atoms with Crippen LogP contribution in [-0.4, -0.2) is 0 Å². The predicted octanol–water partition coefficient (Wildman–Crippen LogP) is 3.76. The van der Waals surface area contributed by atoms with E-state index in [2.05, 4.69) is 32.0 Å². The van der Waals surface area contributed by atoms with E-state index >= 15 is 0 Å². The molecule has 2 rings (SSSR count). The first kappa shape index (κ1) is 12.9. The Hall–Kier alpha value is -1.54. The van der Waals surface area contributed by atoms with E-state index in [9.17, 15) is 0 Å². The van der Waals surface area contributed by atoms with Crippen LogP contribution < -0.4 is 5.73 Å². The summed E-state index contributed by atoms with van der Waals surface area (Å²) in [6, 6.07) is 8.30. The van der Waals surface area contributed by atoms with Gasteiger partial charge in [-0.2, -0.15) is 0 Å². The summed E-state index contributed by atoms with van der Waals surface area (Å²) in [7, 11) is 0. The Labute approximate surface area is 109 Å². The maximum atomic E-state index is 6.28. The molecule has 0 aliphatic heterocycles. The lowest BCUT2D eigenvalue weighted by Crippen LogP contribution is -2.12. The molecule has 0 spiro atoms. The lowest BCUT2D eigenvalue weighted by molar-refractivity contribution is 0.486. The van der Waals surface area contributed by atoms with Gasteiger partial charge in [0.15, 0.2) is 0 Å². The van der Waals surface area contributed by atoms with Gasteiger partial charge in [0.1, 0.15) is 5.76 Å². The molecule has 0 radical (unpaired) electrons. The van der Waals surface area contributed by atoms with Gasteiger partial charge in [0.05, 0.1) is 12.3 Å². The molecule has 0 fully saturated rings. The molecule has 96 valence electrons. The molecule has 2 aromatic rings. The van der Waals surface area contributed by atoms with Crippen LogP contribution in [0, 0.1) is 6.92 Å². The van der Waals surface area contributed by atoms with Gasteiger partial charge in [0, 0.05) is 0 Å². The van der Waals surface area contributed by atoms with Crippen molar-refractivity contribution in [1.82, 2.24) is 0 Å². The van der Waals surface area contributed by atoms with Gasteiger partial charge in [0.2, 0.25) is 0 Å². The summed E-state index contributed by atoms with van der Waals surface area (Å²) in [5.74, 6) is 0.862. The zero-order chi connectivity index (χ0) is 13.1. The molecule has 2 N–H and O–H groups in total. The van der Waals surface area contributed by atoms with Crippen LogP contribution in [0.3, 0.4) is 0 Å². The van der Waals surface area contributed by atoms with Crippen LogP contribution in [0.15, 0.2) is 34.9 Å². The molecule has 1 aromatic carbocycles. The molecule has 0 saturated heterocycles. The summed E-state index contributed by atoms with van der Waals surface area (Å²) in [6.45, 7) is 6.40. The molecule has 0 bridgehead atoms. The topological polar surface area (TPSA) is 39.2 Å². The van der Waals surface area contributed by atoms with E-state index in [1.165, 1.54) is 11.1 Å². The molecule has 1 unspecified atom stereocenters. The van der Waals surface area contributed by atoms with Crippen LogP contribution in [-0.2, 0) is 12.8 Å². The van der Waals surface area contributed by atoms with Crippen molar-refractivity contribution in [2.24, 2.45) is 5.73 Å². The number of nitrogens with two attached hydrogens (primary N) is 1. The lowest BCUT2D eigenvalue weighted by Gasteiger charge is -2.14. The van der Waals surface area contributed by atoms with E-state index in [0.29, 0.717) is 0 Å². The highest BCUT2D eigenvalue weighted by atomic mass is 16.3. The van der Waals surface area contributed by atoms with Gasteiger partial charge in [-0.05, 0) is 48.1 Å². The summed E-state index contributed by atoms with van der Waals surface area (Å²) in [6.07, 6.45) is 3.81. The van der Waals surface area contributed by atoms with Gasteiger partial charge in [-0.15, -0.1) is 0 Å². The normalized spacial score (nSPS) is 12.7. The Balaban J connectivity index is 2.37. The molecule has 2 heteroatoms. The largest absolute Gasteiger partial charge is 0.467 e. The van der Waals surface area contributed by atoms with E-state index in [0.717, 1.165) is 29.7 Å². The van der Waals surface area contributed by atoms with Crippen molar-refractivity contribution in [2.75, 3.05) is 0 Å². The third-order valence-corrected chi connectivity index (χ3v) is 3.54. The van der Waals surface area contributed by atoms with Crippen molar-refractivity contribution >= 4 is 0 Å². The molecule has 1 heterocycles. The lowest BCUT2D eigenvalue weighted by atomic mass is 9.95. The predicted molar refractivity (Wildman–Crippen MR) is 74.7 cm³/mol. The third-order valence-electron chi connectivity index (χ3n) is 3.54. The summed E-state index contributed by atoms with van der Waals surface area (Å²) >= 11 is 0. The van der Waals surface area contributed by atoms with Gasteiger partial charge in [0.25, 0.3) is 0 Å². The summed E-state index contributed by atoms with van der Waals surface area (Å²) in [4.78, 5) is 0. The Morgan fingerprint density at radius 3 is 2.39 bits per heavy atom. The molecule has 2 nitrogen and oxygen atoms in total. The van der Waals surface area contributed by atoms with E-state index in [1.807, 2.05) is 13.0 Å². The van der Waals surface area contributed by atoms with Crippen LogP contribution in [0.4, 0.5) is 0 Å². The summed E-state index contributed by atoms with van der Waals surface area (Å²) < 4.78 is 5.49. The van der Waals surface area contributed by atoms with Crippen LogP contribution >= 0.6 is 0 Å². The fourth-order valence-electron chi connectivity index (χ4n) is 2.37. The van der Waals surface area contributed by atoms with Crippen LogP contribution in [0.25, 0.3) is 0 Å². The molecule has 0 saturated carbocycles. The van der Waals surface area contributed by atoms with Crippen molar-refractivity contribution in [1.29, 1.82) is 0 Å². The average Bonchev–Trinajstić information content (AvgIpc) is 2.83. The standard InChI is InChI=1S/C16H21NO/c1-4-12-6-7-14(10-13(12)5-2)15(17)16-11(3)8-9-18-16/h6-10,15H,4-5,17H2,1-3H3. The van der Waals surface area contributed by atoms with Crippen molar-refractivity contribution < 1.29 is 4.42 Å². The minimum absolute atomic E-state index is 0.170. The molecule has 18 heavy (non-hydrogen) atoms. The number of rotatable bonds is 4. The average molecular weight is 243 g/mol. The molecule has 0 amide bonds. The molecule has 0 aliphatic carbocycles. The number of benzene rings is 1. The van der Waals surface area contributed by atoms with E-state index < -0.39 is 0 Å². The van der Waals surface area contributed by atoms with Gasteiger partial charge >= 0.3 is 0 Å². The molecule has 0 aliphatic rings. The van der Waals surface area contributed by atoms with E-state index in [4.69, 9.17) is 10.2 Å². The van der Waals surface area contributed by atoms with Gasteiger partial charge in [-0.25, -0.2) is 0 Å². The van der Waals surface area contributed by atoms with Crippen molar-refractivity contribution in [2.45, 2.75) is 39.7 Å². The fraction of sp³-hybridized carbons (Fsp3) is 0.375. The SMILES string of the molecule is CCc1ccc(C(N)c2occc2C)cc1CC. The number of furan rings is 1. The zero-order valence-electron chi connectivity index (χ0n) is 11.4. The highest BCUT2D eigenvalue weighted by Gasteiger charge is 2.15. The molecule has 1 aromatic heterocycles. The highest BCUT2D eigenvalue weighted by Crippen LogP contribution is 2.25. The van der Waals surface area contributed by atoms with Gasteiger partial charge in [-0.3, -0.25) is 0 Å². The van der Waals surface area contributed by atoms with E-state index in [1.54, 1.807) is 6.26 Å². The van der Waals surface area contributed by atoms with Gasteiger partial charge < -0.3 is 10.2 Å².